The van der Waals surface area contributed by atoms with E-state index in [0.717, 1.165) is 0 Å². The molecule has 1 aromatic heterocycles. The van der Waals surface area contributed by atoms with Gasteiger partial charge in [-0.25, -0.2) is 18.6 Å². The van der Waals surface area contributed by atoms with Crippen LogP contribution in [0.2, 0.25) is 0 Å². The van der Waals surface area contributed by atoms with E-state index in [9.17, 15) is 26.7 Å². The van der Waals surface area contributed by atoms with Crippen molar-refractivity contribution in [1.82, 2.24) is 4.98 Å². The predicted molar refractivity (Wildman–Crippen MR) is 55.5 cm³/mol. The van der Waals surface area contributed by atoms with Crippen molar-refractivity contribution in [3.63, 3.8) is 0 Å². The zero-order chi connectivity index (χ0) is 14.8. The van der Waals surface area contributed by atoms with Gasteiger partial charge in [0.25, 0.3) is 6.43 Å². The van der Waals surface area contributed by atoms with E-state index in [4.69, 9.17) is 5.11 Å². The van der Waals surface area contributed by atoms with Crippen LogP contribution in [-0.4, -0.2) is 22.4 Å². The molecule has 0 saturated carbocycles. The standard InChI is InChI=1S/C9H5BrF5NO3/c10-1-3-4(8(17)18)2-16-7(5(3)6(11)12)19-9(13,14)15/h2,6H,1H2,(H,17,18). The molecule has 0 aliphatic rings. The molecular weight excluding hydrogens is 345 g/mol. The maximum atomic E-state index is 12.8. The topological polar surface area (TPSA) is 59.4 Å². The summed E-state index contributed by atoms with van der Waals surface area (Å²) in [4.78, 5) is 13.8. The van der Waals surface area contributed by atoms with Crippen molar-refractivity contribution in [2.45, 2.75) is 18.1 Å². The minimum absolute atomic E-state index is 0.384. The number of carboxylic acids is 1. The van der Waals surface area contributed by atoms with Gasteiger partial charge in [-0.3, -0.25) is 0 Å². The van der Waals surface area contributed by atoms with E-state index in [2.05, 4.69) is 25.7 Å². The van der Waals surface area contributed by atoms with Gasteiger partial charge in [0.1, 0.15) is 0 Å². The Hall–Kier alpha value is -1.45. The Balaban J connectivity index is 3.46. The van der Waals surface area contributed by atoms with Gasteiger partial charge in [0, 0.05) is 11.5 Å². The Bertz CT molecular complexity index is 491. The lowest BCUT2D eigenvalue weighted by Gasteiger charge is -2.15. The number of pyridine rings is 1. The van der Waals surface area contributed by atoms with Gasteiger partial charge in [0.15, 0.2) is 0 Å². The van der Waals surface area contributed by atoms with Gasteiger partial charge in [0.2, 0.25) is 5.88 Å². The van der Waals surface area contributed by atoms with Crippen LogP contribution < -0.4 is 4.74 Å². The smallest absolute Gasteiger partial charge is 0.478 e. The van der Waals surface area contributed by atoms with Gasteiger partial charge in [-0.2, -0.15) is 0 Å². The lowest BCUT2D eigenvalue weighted by molar-refractivity contribution is -0.276. The van der Waals surface area contributed by atoms with E-state index in [1.165, 1.54) is 0 Å². The average molecular weight is 350 g/mol. The first-order valence-electron chi connectivity index (χ1n) is 4.52. The molecule has 19 heavy (non-hydrogen) atoms. The van der Waals surface area contributed by atoms with Gasteiger partial charge < -0.3 is 9.84 Å². The number of aromatic carboxylic acids is 1. The molecule has 1 N–H and O–H groups in total. The normalized spacial score (nSPS) is 11.7. The Morgan fingerprint density at radius 1 is 1.47 bits per heavy atom. The fourth-order valence-corrected chi connectivity index (χ4v) is 1.89. The van der Waals surface area contributed by atoms with Gasteiger partial charge in [-0.15, -0.1) is 13.2 Å². The molecule has 0 bridgehead atoms. The molecule has 106 valence electrons. The Labute approximate surface area is 111 Å². The highest BCUT2D eigenvalue weighted by Gasteiger charge is 2.36. The number of hydrogen-bond acceptors (Lipinski definition) is 3. The second kappa shape index (κ2) is 5.68. The van der Waals surface area contributed by atoms with Crippen molar-refractivity contribution in [1.29, 1.82) is 0 Å². The molecule has 0 aliphatic heterocycles. The van der Waals surface area contributed by atoms with Crippen LogP contribution >= 0.6 is 15.9 Å². The molecule has 1 rings (SSSR count). The van der Waals surface area contributed by atoms with Gasteiger partial charge in [0.05, 0.1) is 11.1 Å². The number of aromatic nitrogens is 1. The number of carboxylic acid groups (broad SMARTS) is 1. The van der Waals surface area contributed by atoms with Gasteiger partial charge in [-0.05, 0) is 5.56 Å². The molecule has 0 amide bonds. The summed E-state index contributed by atoms with van der Waals surface area (Å²) in [5.41, 5.74) is -2.34. The SMILES string of the molecule is O=C(O)c1cnc(OC(F)(F)F)c(C(F)F)c1CBr. The molecule has 10 heteroatoms. The molecule has 0 aromatic carbocycles. The number of rotatable bonds is 4. The van der Waals surface area contributed by atoms with Crippen molar-refractivity contribution in [3.8, 4) is 5.88 Å². The third-order valence-corrected chi connectivity index (χ3v) is 2.55. The van der Waals surface area contributed by atoms with Crippen LogP contribution in [0.4, 0.5) is 22.0 Å². The summed E-state index contributed by atoms with van der Waals surface area (Å²) >= 11 is 2.75. The van der Waals surface area contributed by atoms with Crippen molar-refractivity contribution in [2.75, 3.05) is 0 Å². The highest BCUT2D eigenvalue weighted by Crippen LogP contribution is 2.36. The molecule has 4 nitrogen and oxygen atoms in total. The van der Waals surface area contributed by atoms with Crippen molar-refractivity contribution < 1.29 is 36.6 Å². The third kappa shape index (κ3) is 3.75. The summed E-state index contributed by atoms with van der Waals surface area (Å²) in [6.07, 6.45) is -8.03. The lowest BCUT2D eigenvalue weighted by atomic mass is 10.1. The summed E-state index contributed by atoms with van der Waals surface area (Å²) < 4.78 is 65.1. The zero-order valence-electron chi connectivity index (χ0n) is 8.84. The van der Waals surface area contributed by atoms with Crippen LogP contribution in [-0.2, 0) is 5.33 Å². The monoisotopic (exact) mass is 349 g/mol. The Morgan fingerprint density at radius 2 is 2.05 bits per heavy atom. The summed E-state index contributed by atoms with van der Waals surface area (Å²) in [5.74, 6) is -2.94. The number of nitrogens with zero attached hydrogens (tertiary/aromatic N) is 1. The molecule has 0 atom stereocenters. The Morgan fingerprint density at radius 3 is 2.42 bits per heavy atom. The van der Waals surface area contributed by atoms with E-state index in [1.807, 2.05) is 0 Å². The van der Waals surface area contributed by atoms with E-state index in [-0.39, 0.29) is 5.33 Å². The second-order valence-corrected chi connectivity index (χ2v) is 3.72. The van der Waals surface area contributed by atoms with Crippen molar-refractivity contribution in [2.24, 2.45) is 0 Å². The van der Waals surface area contributed by atoms with E-state index < -0.39 is 41.3 Å². The maximum Gasteiger partial charge on any atom is 0.574 e. The highest BCUT2D eigenvalue weighted by atomic mass is 79.9. The first-order valence-corrected chi connectivity index (χ1v) is 5.64. The molecule has 0 radical (unpaired) electrons. The predicted octanol–water partition coefficient (Wildman–Crippen LogP) is 3.51. The van der Waals surface area contributed by atoms with Crippen LogP contribution in [0, 0.1) is 0 Å². The third-order valence-electron chi connectivity index (χ3n) is 1.99. The molecule has 0 fully saturated rings. The number of ether oxygens (including phenoxy) is 1. The van der Waals surface area contributed by atoms with Crippen molar-refractivity contribution >= 4 is 21.9 Å². The first kappa shape index (κ1) is 15.6. The van der Waals surface area contributed by atoms with E-state index >= 15 is 0 Å². The summed E-state index contributed by atoms with van der Waals surface area (Å²) in [7, 11) is 0. The quantitative estimate of drug-likeness (QED) is 0.667. The fourth-order valence-electron chi connectivity index (χ4n) is 1.29. The molecule has 0 saturated heterocycles. The number of carbonyl (C=O) groups is 1. The number of alkyl halides is 6. The number of hydrogen-bond donors (Lipinski definition) is 1. The summed E-state index contributed by atoms with van der Waals surface area (Å²) in [6.45, 7) is 0. The molecule has 1 heterocycles. The Kier molecular flexibility index (Phi) is 4.66. The van der Waals surface area contributed by atoms with Crippen LogP contribution in [0.25, 0.3) is 0 Å². The fraction of sp³-hybridized carbons (Fsp3) is 0.333. The largest absolute Gasteiger partial charge is 0.574 e. The second-order valence-electron chi connectivity index (χ2n) is 3.16. The minimum Gasteiger partial charge on any atom is -0.478 e. The highest BCUT2D eigenvalue weighted by molar-refractivity contribution is 9.08. The molecule has 0 unspecified atom stereocenters. The van der Waals surface area contributed by atoms with Crippen LogP contribution in [0.15, 0.2) is 6.20 Å². The van der Waals surface area contributed by atoms with E-state index in [1.54, 1.807) is 0 Å². The first-order chi connectivity index (χ1) is 8.67. The van der Waals surface area contributed by atoms with Gasteiger partial charge >= 0.3 is 12.3 Å². The summed E-state index contributed by atoms with van der Waals surface area (Å²) in [6, 6.07) is 0. The van der Waals surface area contributed by atoms with Crippen LogP contribution in [0.3, 0.4) is 0 Å². The van der Waals surface area contributed by atoms with Crippen LogP contribution in [0.5, 0.6) is 5.88 Å². The average Bonchev–Trinajstić information content (AvgIpc) is 2.25. The summed E-state index contributed by atoms with van der Waals surface area (Å²) in [5, 5.41) is 8.37. The van der Waals surface area contributed by atoms with Gasteiger partial charge in [-0.1, -0.05) is 15.9 Å². The minimum atomic E-state index is -5.20. The lowest BCUT2D eigenvalue weighted by Crippen LogP contribution is -2.20. The zero-order valence-corrected chi connectivity index (χ0v) is 10.4. The molecule has 1 aromatic rings. The number of halogens is 6. The molecule has 0 spiro atoms. The molecule has 0 aliphatic carbocycles. The maximum absolute atomic E-state index is 12.8. The van der Waals surface area contributed by atoms with Crippen LogP contribution in [0.1, 0.15) is 27.9 Å². The van der Waals surface area contributed by atoms with E-state index in [0.29, 0.717) is 6.20 Å². The van der Waals surface area contributed by atoms with Crippen molar-refractivity contribution in [3.05, 3.63) is 22.9 Å². The molecular formula is C9H5BrF5NO3.